The molecule has 0 saturated carbocycles. The molecule has 7 heteroatoms. The van der Waals surface area contributed by atoms with Crippen molar-refractivity contribution in [2.45, 2.75) is 25.8 Å². The van der Waals surface area contributed by atoms with E-state index in [1.807, 2.05) is 25.1 Å². The van der Waals surface area contributed by atoms with Gasteiger partial charge in [-0.05, 0) is 44.0 Å². The third kappa shape index (κ3) is 3.47. The Kier molecular flexibility index (Phi) is 4.81. The third-order valence-electron chi connectivity index (χ3n) is 5.20. The number of fused-ring (bicyclic) bond motifs is 1. The summed E-state index contributed by atoms with van der Waals surface area (Å²) in [6.07, 6.45) is 2.88. The van der Waals surface area contributed by atoms with Crippen molar-refractivity contribution in [1.29, 1.82) is 0 Å². The van der Waals surface area contributed by atoms with Crippen molar-refractivity contribution < 1.29 is 9.18 Å². The zero-order chi connectivity index (χ0) is 19.7. The Hall–Kier alpha value is -3.22. The van der Waals surface area contributed by atoms with Crippen molar-refractivity contribution in [3.05, 3.63) is 70.5 Å². The van der Waals surface area contributed by atoms with Crippen molar-refractivity contribution >= 4 is 22.6 Å². The number of benzene rings is 2. The summed E-state index contributed by atoms with van der Waals surface area (Å²) < 4.78 is 15.4. The monoisotopic (exact) mass is 380 g/mol. The van der Waals surface area contributed by atoms with Crippen LogP contribution in [0.3, 0.4) is 0 Å². The fourth-order valence-corrected chi connectivity index (χ4v) is 3.61. The standard InChI is InChI=1S/C21H21FN4O2/c1-14-6-7-18-16(12-14)20(27)26(13-23-18)15-8-10-25(11-9-15)21(28)24-19-5-3-2-4-17(19)22/h2-7,12-13,15H,8-11H2,1H3,(H,24,28). The quantitative estimate of drug-likeness (QED) is 0.737. The molecule has 0 radical (unpaired) electrons. The van der Waals surface area contributed by atoms with Gasteiger partial charge in [0, 0.05) is 19.1 Å². The van der Waals surface area contributed by atoms with Crippen LogP contribution in [0.4, 0.5) is 14.9 Å². The van der Waals surface area contributed by atoms with Gasteiger partial charge in [0.1, 0.15) is 5.82 Å². The second kappa shape index (κ2) is 7.42. The Bertz CT molecular complexity index is 1090. The molecule has 0 aliphatic carbocycles. The number of hydrogen-bond acceptors (Lipinski definition) is 3. The van der Waals surface area contributed by atoms with Gasteiger partial charge in [0.05, 0.1) is 22.9 Å². The number of amides is 2. The number of piperidine rings is 1. The van der Waals surface area contributed by atoms with Gasteiger partial charge in [-0.2, -0.15) is 0 Å². The van der Waals surface area contributed by atoms with Crippen molar-refractivity contribution in [3.63, 3.8) is 0 Å². The van der Waals surface area contributed by atoms with E-state index in [9.17, 15) is 14.0 Å². The summed E-state index contributed by atoms with van der Waals surface area (Å²) in [5.41, 5.74) is 1.82. The maximum atomic E-state index is 13.7. The molecule has 0 unspecified atom stereocenters. The van der Waals surface area contributed by atoms with Crippen LogP contribution >= 0.6 is 0 Å². The number of rotatable bonds is 2. The van der Waals surface area contributed by atoms with Crippen molar-refractivity contribution in [2.75, 3.05) is 18.4 Å². The molecule has 2 aromatic carbocycles. The van der Waals surface area contributed by atoms with E-state index in [1.165, 1.54) is 12.1 Å². The second-order valence-corrected chi connectivity index (χ2v) is 7.11. The smallest absolute Gasteiger partial charge is 0.321 e. The minimum atomic E-state index is -0.463. The fraction of sp³-hybridized carbons (Fsp3) is 0.286. The Balaban J connectivity index is 1.46. The second-order valence-electron chi connectivity index (χ2n) is 7.11. The molecule has 1 aliphatic rings. The molecular weight excluding hydrogens is 359 g/mol. The van der Waals surface area contributed by atoms with E-state index in [2.05, 4.69) is 10.3 Å². The number of anilines is 1. The molecule has 1 aliphatic heterocycles. The first kappa shape index (κ1) is 18.2. The number of aryl methyl sites for hydroxylation is 1. The molecule has 144 valence electrons. The summed E-state index contributed by atoms with van der Waals surface area (Å²) in [4.78, 5) is 31.3. The van der Waals surface area contributed by atoms with Gasteiger partial charge in [-0.3, -0.25) is 9.36 Å². The molecular formula is C21H21FN4O2. The molecule has 2 amide bonds. The molecule has 1 N–H and O–H groups in total. The number of aromatic nitrogens is 2. The number of urea groups is 1. The van der Waals surface area contributed by atoms with E-state index < -0.39 is 5.82 Å². The maximum Gasteiger partial charge on any atom is 0.321 e. The average Bonchev–Trinajstić information content (AvgIpc) is 2.70. The number of halogens is 1. The highest BCUT2D eigenvalue weighted by atomic mass is 19.1. The highest BCUT2D eigenvalue weighted by Gasteiger charge is 2.25. The van der Waals surface area contributed by atoms with Gasteiger partial charge in [0.2, 0.25) is 0 Å². The van der Waals surface area contributed by atoms with E-state index in [-0.39, 0.29) is 23.3 Å². The van der Waals surface area contributed by atoms with Crippen LogP contribution < -0.4 is 10.9 Å². The topological polar surface area (TPSA) is 67.2 Å². The normalized spacial score (nSPS) is 15.0. The van der Waals surface area contributed by atoms with Gasteiger partial charge in [-0.1, -0.05) is 23.8 Å². The van der Waals surface area contributed by atoms with Crippen molar-refractivity contribution in [3.8, 4) is 0 Å². The van der Waals surface area contributed by atoms with Crippen LogP contribution in [0.15, 0.2) is 53.6 Å². The number of carbonyl (C=O) groups excluding carboxylic acids is 1. The molecule has 0 spiro atoms. The SMILES string of the molecule is Cc1ccc2ncn(C3CCN(C(=O)Nc4ccccc4F)CC3)c(=O)c2c1. The molecule has 0 bridgehead atoms. The van der Waals surface area contributed by atoms with Crippen LogP contribution in [0, 0.1) is 12.7 Å². The molecule has 1 aromatic heterocycles. The third-order valence-corrected chi connectivity index (χ3v) is 5.20. The average molecular weight is 380 g/mol. The molecule has 1 fully saturated rings. The first-order valence-corrected chi connectivity index (χ1v) is 9.31. The highest BCUT2D eigenvalue weighted by Crippen LogP contribution is 2.23. The first-order valence-electron chi connectivity index (χ1n) is 9.31. The van der Waals surface area contributed by atoms with E-state index in [0.29, 0.717) is 36.8 Å². The first-order chi connectivity index (χ1) is 13.5. The van der Waals surface area contributed by atoms with Crippen LogP contribution in [0.1, 0.15) is 24.4 Å². The van der Waals surface area contributed by atoms with Gasteiger partial charge in [-0.25, -0.2) is 14.2 Å². The summed E-state index contributed by atoms with van der Waals surface area (Å²) in [6.45, 7) is 2.93. The van der Waals surface area contributed by atoms with Crippen LogP contribution in [-0.2, 0) is 0 Å². The van der Waals surface area contributed by atoms with E-state index >= 15 is 0 Å². The van der Waals surface area contributed by atoms with Crippen molar-refractivity contribution in [2.24, 2.45) is 0 Å². The van der Waals surface area contributed by atoms with Crippen LogP contribution in [0.2, 0.25) is 0 Å². The number of para-hydroxylation sites is 1. The summed E-state index contributed by atoms with van der Waals surface area (Å²) in [5, 5.41) is 3.22. The van der Waals surface area contributed by atoms with Crippen LogP contribution in [-0.4, -0.2) is 33.6 Å². The van der Waals surface area contributed by atoms with Crippen molar-refractivity contribution in [1.82, 2.24) is 14.5 Å². The Morgan fingerprint density at radius 3 is 2.68 bits per heavy atom. The summed E-state index contributed by atoms with van der Waals surface area (Å²) in [7, 11) is 0. The Labute approximate surface area is 161 Å². The minimum absolute atomic E-state index is 0.0116. The number of carbonyl (C=O) groups is 1. The van der Waals surface area contributed by atoms with E-state index in [4.69, 9.17) is 0 Å². The number of hydrogen-bond donors (Lipinski definition) is 1. The molecule has 4 rings (SSSR count). The minimum Gasteiger partial charge on any atom is -0.324 e. The lowest BCUT2D eigenvalue weighted by molar-refractivity contribution is 0.182. The molecule has 1 saturated heterocycles. The van der Waals surface area contributed by atoms with Crippen LogP contribution in [0.25, 0.3) is 10.9 Å². The largest absolute Gasteiger partial charge is 0.324 e. The molecule has 28 heavy (non-hydrogen) atoms. The zero-order valence-corrected chi connectivity index (χ0v) is 15.6. The molecule has 2 heterocycles. The lowest BCUT2D eigenvalue weighted by atomic mass is 10.0. The van der Waals surface area contributed by atoms with E-state index in [0.717, 1.165) is 5.56 Å². The van der Waals surface area contributed by atoms with Gasteiger partial charge in [0.15, 0.2) is 0 Å². The molecule has 6 nitrogen and oxygen atoms in total. The lowest BCUT2D eigenvalue weighted by Crippen LogP contribution is -2.43. The van der Waals surface area contributed by atoms with Gasteiger partial charge in [0.25, 0.3) is 5.56 Å². The number of nitrogens with zero attached hydrogens (tertiary/aromatic N) is 3. The predicted molar refractivity (Wildman–Crippen MR) is 106 cm³/mol. The Morgan fingerprint density at radius 1 is 1.18 bits per heavy atom. The summed E-state index contributed by atoms with van der Waals surface area (Å²) in [5.74, 6) is -0.463. The Morgan fingerprint density at radius 2 is 1.93 bits per heavy atom. The predicted octanol–water partition coefficient (Wildman–Crippen LogP) is 3.71. The summed E-state index contributed by atoms with van der Waals surface area (Å²) >= 11 is 0. The maximum absolute atomic E-state index is 13.7. The highest BCUT2D eigenvalue weighted by molar-refractivity contribution is 5.89. The lowest BCUT2D eigenvalue weighted by Gasteiger charge is -2.32. The van der Waals surface area contributed by atoms with Gasteiger partial charge >= 0.3 is 6.03 Å². The zero-order valence-electron chi connectivity index (χ0n) is 15.6. The molecule has 0 atom stereocenters. The van der Waals surface area contributed by atoms with Gasteiger partial charge < -0.3 is 10.2 Å². The summed E-state index contributed by atoms with van der Waals surface area (Å²) in [6, 6.07) is 11.4. The number of nitrogens with one attached hydrogen (secondary N) is 1. The van der Waals surface area contributed by atoms with Gasteiger partial charge in [-0.15, -0.1) is 0 Å². The van der Waals surface area contributed by atoms with Crippen LogP contribution in [0.5, 0.6) is 0 Å². The number of likely N-dealkylation sites (tertiary alicyclic amines) is 1. The van der Waals surface area contributed by atoms with E-state index in [1.54, 1.807) is 27.9 Å². The fourth-order valence-electron chi connectivity index (χ4n) is 3.61. The molecule has 3 aromatic rings.